The van der Waals surface area contributed by atoms with Crippen molar-refractivity contribution in [2.24, 2.45) is 5.92 Å². The highest BCUT2D eigenvalue weighted by Gasteiger charge is 2.32. The Morgan fingerprint density at radius 1 is 1.39 bits per heavy atom. The third-order valence-corrected chi connectivity index (χ3v) is 5.53. The van der Waals surface area contributed by atoms with Gasteiger partial charge in [-0.2, -0.15) is 11.8 Å². The smallest absolute Gasteiger partial charge is 0.226 e. The highest BCUT2D eigenvalue weighted by atomic mass is 32.2. The van der Waals surface area contributed by atoms with E-state index in [1.807, 2.05) is 11.9 Å². The second-order valence-electron chi connectivity index (χ2n) is 5.54. The monoisotopic (exact) mass is 270 g/mol. The fraction of sp³-hybridized carbons (Fsp3) is 0.929. The lowest BCUT2D eigenvalue weighted by Crippen LogP contribution is -2.44. The molecule has 0 aromatic carbocycles. The fourth-order valence-electron chi connectivity index (χ4n) is 3.19. The number of thioether (sulfide) groups is 1. The zero-order chi connectivity index (χ0) is 13.0. The molecule has 0 aromatic rings. The number of hydrogen-bond donors (Lipinski definition) is 1. The first kappa shape index (κ1) is 14.2. The van der Waals surface area contributed by atoms with E-state index in [9.17, 15) is 4.79 Å². The first-order chi connectivity index (χ1) is 8.72. The Balaban J connectivity index is 1.83. The van der Waals surface area contributed by atoms with Crippen LogP contribution in [-0.4, -0.2) is 48.0 Å². The van der Waals surface area contributed by atoms with E-state index in [2.05, 4.69) is 24.0 Å². The number of amides is 1. The molecule has 2 fully saturated rings. The molecule has 1 saturated heterocycles. The van der Waals surface area contributed by atoms with Gasteiger partial charge in [0.15, 0.2) is 0 Å². The van der Waals surface area contributed by atoms with Gasteiger partial charge in [0.25, 0.3) is 0 Å². The fourth-order valence-corrected chi connectivity index (χ4v) is 4.32. The van der Waals surface area contributed by atoms with Gasteiger partial charge in [0.05, 0.1) is 5.92 Å². The topological polar surface area (TPSA) is 32.3 Å². The quantitative estimate of drug-likeness (QED) is 0.849. The number of carbonyl (C=O) groups is 1. The van der Waals surface area contributed by atoms with Gasteiger partial charge in [0.1, 0.15) is 0 Å². The Hall–Kier alpha value is -0.220. The van der Waals surface area contributed by atoms with Gasteiger partial charge in [-0.05, 0) is 44.4 Å². The minimum atomic E-state index is 0.224. The molecule has 104 valence electrons. The van der Waals surface area contributed by atoms with Crippen LogP contribution in [0.5, 0.6) is 0 Å². The average molecular weight is 270 g/mol. The number of nitrogens with one attached hydrogen (secondary N) is 1. The maximum absolute atomic E-state index is 12.4. The van der Waals surface area contributed by atoms with E-state index in [0.717, 1.165) is 31.2 Å². The van der Waals surface area contributed by atoms with Crippen molar-refractivity contribution in [2.75, 3.05) is 25.9 Å². The van der Waals surface area contributed by atoms with Crippen LogP contribution in [0.2, 0.25) is 0 Å². The lowest BCUT2D eigenvalue weighted by molar-refractivity contribution is -0.136. The molecule has 0 bridgehead atoms. The van der Waals surface area contributed by atoms with Gasteiger partial charge in [0, 0.05) is 24.9 Å². The van der Waals surface area contributed by atoms with Crippen molar-refractivity contribution in [1.82, 2.24) is 10.2 Å². The van der Waals surface area contributed by atoms with Gasteiger partial charge in [0.2, 0.25) is 5.91 Å². The molecule has 3 atom stereocenters. The Labute approximate surface area is 115 Å². The summed E-state index contributed by atoms with van der Waals surface area (Å²) in [5, 5.41) is 4.12. The van der Waals surface area contributed by atoms with Gasteiger partial charge in [-0.25, -0.2) is 0 Å². The molecule has 1 aliphatic carbocycles. The van der Waals surface area contributed by atoms with Gasteiger partial charge in [-0.3, -0.25) is 4.79 Å². The highest BCUT2D eigenvalue weighted by molar-refractivity contribution is 7.99. The standard InChI is InChI=1S/C14H26N2OS/c1-3-18-13-7-6-12(9-13)16(2)14(17)11-5-4-8-15-10-11/h11-13,15H,3-10H2,1-2H3. The van der Waals surface area contributed by atoms with Crippen LogP contribution in [0.4, 0.5) is 0 Å². The molecule has 4 heteroatoms. The first-order valence-electron chi connectivity index (χ1n) is 7.31. The summed E-state index contributed by atoms with van der Waals surface area (Å²) >= 11 is 2.06. The third-order valence-electron chi connectivity index (χ3n) is 4.30. The first-order valence-corrected chi connectivity index (χ1v) is 8.36. The van der Waals surface area contributed by atoms with Crippen molar-refractivity contribution in [3.63, 3.8) is 0 Å². The molecule has 1 heterocycles. The summed E-state index contributed by atoms with van der Waals surface area (Å²) < 4.78 is 0. The number of hydrogen-bond acceptors (Lipinski definition) is 3. The van der Waals surface area contributed by atoms with Crippen molar-refractivity contribution in [3.05, 3.63) is 0 Å². The van der Waals surface area contributed by atoms with Crippen molar-refractivity contribution >= 4 is 17.7 Å². The molecular formula is C14H26N2OS. The minimum Gasteiger partial charge on any atom is -0.342 e. The maximum Gasteiger partial charge on any atom is 0.226 e. The third kappa shape index (κ3) is 3.41. The summed E-state index contributed by atoms with van der Waals surface area (Å²) in [7, 11) is 2.01. The minimum absolute atomic E-state index is 0.224. The van der Waals surface area contributed by atoms with E-state index in [-0.39, 0.29) is 5.92 Å². The van der Waals surface area contributed by atoms with Crippen LogP contribution in [0.25, 0.3) is 0 Å². The molecule has 2 aliphatic rings. The van der Waals surface area contributed by atoms with Gasteiger partial charge >= 0.3 is 0 Å². The van der Waals surface area contributed by atoms with Gasteiger partial charge < -0.3 is 10.2 Å². The molecular weight excluding hydrogens is 244 g/mol. The lowest BCUT2D eigenvalue weighted by atomic mass is 9.97. The van der Waals surface area contributed by atoms with Gasteiger partial charge in [-0.1, -0.05) is 6.92 Å². The normalized spacial score (nSPS) is 32.4. The maximum atomic E-state index is 12.4. The van der Waals surface area contributed by atoms with Gasteiger partial charge in [-0.15, -0.1) is 0 Å². The Morgan fingerprint density at radius 2 is 2.22 bits per heavy atom. The molecule has 1 aliphatic heterocycles. The molecule has 18 heavy (non-hydrogen) atoms. The lowest BCUT2D eigenvalue weighted by Gasteiger charge is -2.31. The van der Waals surface area contributed by atoms with E-state index in [1.54, 1.807) is 0 Å². The van der Waals surface area contributed by atoms with E-state index >= 15 is 0 Å². The number of carbonyl (C=O) groups excluding carboxylic acids is 1. The molecule has 2 rings (SSSR count). The Bertz CT molecular complexity index is 279. The Morgan fingerprint density at radius 3 is 2.89 bits per heavy atom. The zero-order valence-electron chi connectivity index (χ0n) is 11.7. The SMILES string of the molecule is CCSC1CCC(N(C)C(=O)C2CCCNC2)C1. The predicted octanol–water partition coefficient (Wildman–Crippen LogP) is 2.12. The van der Waals surface area contributed by atoms with Crippen LogP contribution in [0.1, 0.15) is 39.0 Å². The summed E-state index contributed by atoms with van der Waals surface area (Å²) in [5.74, 6) is 1.79. The van der Waals surface area contributed by atoms with E-state index in [0.29, 0.717) is 11.9 Å². The van der Waals surface area contributed by atoms with Crippen molar-refractivity contribution < 1.29 is 4.79 Å². The molecule has 3 nitrogen and oxygen atoms in total. The van der Waals surface area contributed by atoms with Crippen molar-refractivity contribution in [2.45, 2.75) is 50.3 Å². The number of piperidine rings is 1. The average Bonchev–Trinajstić information content (AvgIpc) is 2.87. The second kappa shape index (κ2) is 6.80. The molecule has 0 spiro atoms. The highest BCUT2D eigenvalue weighted by Crippen LogP contribution is 2.32. The molecule has 0 aromatic heterocycles. The number of rotatable bonds is 4. The van der Waals surface area contributed by atoms with Crippen molar-refractivity contribution in [1.29, 1.82) is 0 Å². The molecule has 0 radical (unpaired) electrons. The largest absolute Gasteiger partial charge is 0.342 e. The molecule has 1 amide bonds. The molecule has 1 N–H and O–H groups in total. The van der Waals surface area contributed by atoms with Crippen LogP contribution in [0, 0.1) is 5.92 Å². The molecule has 3 unspecified atom stereocenters. The van der Waals surface area contributed by atoms with Crippen molar-refractivity contribution in [3.8, 4) is 0 Å². The number of nitrogens with zero attached hydrogens (tertiary/aromatic N) is 1. The van der Waals surface area contributed by atoms with Crippen LogP contribution in [-0.2, 0) is 4.79 Å². The molecule has 1 saturated carbocycles. The van der Waals surface area contributed by atoms with E-state index in [1.165, 1.54) is 25.0 Å². The summed E-state index contributed by atoms with van der Waals surface area (Å²) in [5.41, 5.74) is 0. The summed E-state index contributed by atoms with van der Waals surface area (Å²) in [6.07, 6.45) is 5.88. The van der Waals surface area contributed by atoms with E-state index in [4.69, 9.17) is 0 Å². The summed E-state index contributed by atoms with van der Waals surface area (Å²) in [6, 6.07) is 0.489. The second-order valence-corrected chi connectivity index (χ2v) is 7.11. The zero-order valence-corrected chi connectivity index (χ0v) is 12.5. The van der Waals surface area contributed by atoms with Crippen LogP contribution in [0.15, 0.2) is 0 Å². The predicted molar refractivity (Wildman–Crippen MR) is 77.9 cm³/mol. The van der Waals surface area contributed by atoms with E-state index < -0.39 is 0 Å². The summed E-state index contributed by atoms with van der Waals surface area (Å²) in [6.45, 7) is 4.18. The van der Waals surface area contributed by atoms with Crippen LogP contribution < -0.4 is 5.32 Å². The summed E-state index contributed by atoms with van der Waals surface area (Å²) in [4.78, 5) is 14.5. The Kier molecular flexibility index (Phi) is 5.37. The van der Waals surface area contributed by atoms with Crippen LogP contribution in [0.3, 0.4) is 0 Å². The van der Waals surface area contributed by atoms with Crippen LogP contribution >= 0.6 is 11.8 Å².